The highest BCUT2D eigenvalue weighted by molar-refractivity contribution is 5.88. The molecule has 1 N–H and O–H groups in total. The first-order chi connectivity index (χ1) is 10.0. The van der Waals surface area contributed by atoms with Crippen LogP contribution in [0.4, 0.5) is 0 Å². The number of hydrogen-bond acceptors (Lipinski definition) is 4. The molecule has 1 saturated heterocycles. The quantitative estimate of drug-likeness (QED) is 0.898. The number of carboxylic acid groups (broad SMARTS) is 1. The molecule has 2 rings (SSSR count). The van der Waals surface area contributed by atoms with Crippen LogP contribution < -0.4 is 4.74 Å². The Morgan fingerprint density at radius 2 is 2.05 bits per heavy atom. The molecule has 0 aliphatic carbocycles. The second-order valence-corrected chi connectivity index (χ2v) is 5.80. The van der Waals surface area contributed by atoms with E-state index in [1.165, 1.54) is 0 Å². The van der Waals surface area contributed by atoms with Crippen molar-refractivity contribution in [1.82, 2.24) is 9.80 Å². The predicted molar refractivity (Wildman–Crippen MR) is 81.9 cm³/mol. The summed E-state index contributed by atoms with van der Waals surface area (Å²) in [7, 11) is 5.87. The van der Waals surface area contributed by atoms with Gasteiger partial charge >= 0.3 is 5.97 Å². The molecule has 0 amide bonds. The van der Waals surface area contributed by atoms with Gasteiger partial charge < -0.3 is 14.7 Å². The summed E-state index contributed by atoms with van der Waals surface area (Å²) in [5.74, 6) is -0.139. The first kappa shape index (κ1) is 15.8. The Hall–Kier alpha value is -1.59. The first-order valence-corrected chi connectivity index (χ1v) is 7.30. The summed E-state index contributed by atoms with van der Waals surface area (Å²) in [6.45, 7) is 2.80. The molecule has 1 aliphatic rings. The molecule has 5 heteroatoms. The van der Waals surface area contributed by atoms with Crippen LogP contribution in [0.25, 0.3) is 0 Å². The summed E-state index contributed by atoms with van der Waals surface area (Å²) < 4.78 is 5.35. The third kappa shape index (κ3) is 3.95. The number of rotatable bonds is 5. The smallest absolute Gasteiger partial charge is 0.335 e. The van der Waals surface area contributed by atoms with Crippen molar-refractivity contribution in [2.75, 3.05) is 34.3 Å². The van der Waals surface area contributed by atoms with Crippen LogP contribution in [-0.4, -0.2) is 61.2 Å². The van der Waals surface area contributed by atoms with E-state index in [1.807, 2.05) is 0 Å². The minimum atomic E-state index is -0.898. The van der Waals surface area contributed by atoms with Gasteiger partial charge in [0.25, 0.3) is 0 Å². The third-order valence-electron chi connectivity index (χ3n) is 4.21. The number of likely N-dealkylation sites (tertiary alicyclic amines) is 1. The van der Waals surface area contributed by atoms with E-state index in [4.69, 9.17) is 9.84 Å². The fourth-order valence-corrected chi connectivity index (χ4v) is 2.87. The second-order valence-electron chi connectivity index (χ2n) is 5.80. The van der Waals surface area contributed by atoms with Gasteiger partial charge in [-0.25, -0.2) is 4.79 Å². The van der Waals surface area contributed by atoms with Gasteiger partial charge in [-0.2, -0.15) is 0 Å². The predicted octanol–water partition coefficient (Wildman–Crippen LogP) is 1.92. The van der Waals surface area contributed by atoms with E-state index in [-0.39, 0.29) is 0 Å². The zero-order valence-electron chi connectivity index (χ0n) is 13.0. The highest BCUT2D eigenvalue weighted by atomic mass is 16.5. The van der Waals surface area contributed by atoms with Crippen molar-refractivity contribution in [3.05, 3.63) is 29.3 Å². The van der Waals surface area contributed by atoms with Crippen LogP contribution >= 0.6 is 0 Å². The average molecular weight is 292 g/mol. The zero-order valence-corrected chi connectivity index (χ0v) is 13.0. The topological polar surface area (TPSA) is 53.0 Å². The standard InChI is InChI=1S/C16H24N2O3/c1-17(2)14-6-8-18(9-7-14)11-13-10-12(16(19)20)4-5-15(13)21-3/h4-5,10,14H,6-9,11H2,1-3H3,(H,19,20). The number of carboxylic acids is 1. The van der Waals surface area contributed by atoms with Gasteiger partial charge in [0.15, 0.2) is 0 Å². The molecule has 1 heterocycles. The summed E-state index contributed by atoms with van der Waals surface area (Å²) in [6, 6.07) is 5.70. The number of piperidine rings is 1. The highest BCUT2D eigenvalue weighted by Gasteiger charge is 2.21. The zero-order chi connectivity index (χ0) is 15.4. The number of aromatic carboxylic acids is 1. The molecule has 0 atom stereocenters. The molecule has 116 valence electrons. The molecule has 1 aromatic rings. The van der Waals surface area contributed by atoms with E-state index in [9.17, 15) is 4.79 Å². The molecule has 0 spiro atoms. The van der Waals surface area contributed by atoms with Gasteiger partial charge in [0, 0.05) is 18.2 Å². The summed E-state index contributed by atoms with van der Waals surface area (Å²) in [5.41, 5.74) is 1.26. The summed E-state index contributed by atoms with van der Waals surface area (Å²) in [5, 5.41) is 9.11. The first-order valence-electron chi connectivity index (χ1n) is 7.30. The molecular formula is C16H24N2O3. The minimum absolute atomic E-state index is 0.314. The van der Waals surface area contributed by atoms with Crippen molar-refractivity contribution in [3.63, 3.8) is 0 Å². The highest BCUT2D eigenvalue weighted by Crippen LogP contribution is 2.24. The molecule has 1 aliphatic heterocycles. The van der Waals surface area contributed by atoms with Gasteiger partial charge in [0.2, 0.25) is 0 Å². The Bertz CT molecular complexity index is 494. The van der Waals surface area contributed by atoms with Gasteiger partial charge in [-0.3, -0.25) is 4.90 Å². The van der Waals surface area contributed by atoms with Crippen molar-refractivity contribution < 1.29 is 14.6 Å². The fraction of sp³-hybridized carbons (Fsp3) is 0.562. The van der Waals surface area contributed by atoms with Crippen LogP contribution in [0.5, 0.6) is 5.75 Å². The lowest BCUT2D eigenvalue weighted by atomic mass is 10.0. The van der Waals surface area contributed by atoms with Crippen molar-refractivity contribution in [3.8, 4) is 5.75 Å². The number of carbonyl (C=O) groups is 1. The number of ether oxygens (including phenoxy) is 1. The SMILES string of the molecule is COc1ccc(C(=O)O)cc1CN1CCC(N(C)C)CC1. The van der Waals surface area contributed by atoms with E-state index in [0.717, 1.165) is 43.8 Å². The maximum atomic E-state index is 11.1. The van der Waals surface area contributed by atoms with Crippen molar-refractivity contribution in [2.24, 2.45) is 0 Å². The van der Waals surface area contributed by atoms with Crippen LogP contribution in [0.1, 0.15) is 28.8 Å². The van der Waals surface area contributed by atoms with Gasteiger partial charge in [-0.1, -0.05) is 0 Å². The van der Waals surface area contributed by atoms with Crippen molar-refractivity contribution >= 4 is 5.97 Å². The molecular weight excluding hydrogens is 268 g/mol. The number of nitrogens with zero attached hydrogens (tertiary/aromatic N) is 2. The van der Waals surface area contributed by atoms with Crippen LogP contribution in [0, 0.1) is 0 Å². The average Bonchev–Trinajstić information content (AvgIpc) is 2.47. The fourth-order valence-electron chi connectivity index (χ4n) is 2.87. The summed E-state index contributed by atoms with van der Waals surface area (Å²) >= 11 is 0. The molecule has 0 bridgehead atoms. The minimum Gasteiger partial charge on any atom is -0.496 e. The van der Waals surface area contributed by atoms with E-state index < -0.39 is 5.97 Å². The maximum Gasteiger partial charge on any atom is 0.335 e. The lowest BCUT2D eigenvalue weighted by Gasteiger charge is -2.35. The Morgan fingerprint density at radius 3 is 2.57 bits per heavy atom. The van der Waals surface area contributed by atoms with Crippen molar-refractivity contribution in [2.45, 2.75) is 25.4 Å². The summed E-state index contributed by atoms with van der Waals surface area (Å²) in [4.78, 5) is 15.7. The number of benzene rings is 1. The lowest BCUT2D eigenvalue weighted by molar-refractivity contribution is 0.0696. The maximum absolute atomic E-state index is 11.1. The largest absolute Gasteiger partial charge is 0.496 e. The molecule has 21 heavy (non-hydrogen) atoms. The Kier molecular flexibility index (Phi) is 5.20. The Morgan fingerprint density at radius 1 is 1.38 bits per heavy atom. The lowest BCUT2D eigenvalue weighted by Crippen LogP contribution is -2.41. The normalized spacial score (nSPS) is 17.1. The second kappa shape index (κ2) is 6.91. The van der Waals surface area contributed by atoms with Gasteiger partial charge in [0.05, 0.1) is 12.7 Å². The molecule has 0 aromatic heterocycles. The van der Waals surface area contributed by atoms with E-state index in [1.54, 1.807) is 25.3 Å². The molecule has 0 radical (unpaired) electrons. The van der Waals surface area contributed by atoms with E-state index >= 15 is 0 Å². The third-order valence-corrected chi connectivity index (χ3v) is 4.21. The number of methoxy groups -OCH3 is 1. The molecule has 1 aromatic carbocycles. The van der Waals surface area contributed by atoms with E-state index in [0.29, 0.717) is 11.6 Å². The van der Waals surface area contributed by atoms with Crippen LogP contribution in [0.3, 0.4) is 0 Å². The van der Waals surface area contributed by atoms with Gasteiger partial charge in [-0.15, -0.1) is 0 Å². The van der Waals surface area contributed by atoms with Crippen LogP contribution in [0.2, 0.25) is 0 Å². The van der Waals surface area contributed by atoms with Crippen molar-refractivity contribution in [1.29, 1.82) is 0 Å². The molecule has 1 fully saturated rings. The summed E-state index contributed by atoms with van der Waals surface area (Å²) in [6.07, 6.45) is 2.29. The van der Waals surface area contributed by atoms with Crippen LogP contribution in [-0.2, 0) is 6.54 Å². The molecule has 0 saturated carbocycles. The van der Waals surface area contributed by atoms with Crippen LogP contribution in [0.15, 0.2) is 18.2 Å². The van der Waals surface area contributed by atoms with E-state index in [2.05, 4.69) is 23.9 Å². The number of hydrogen-bond donors (Lipinski definition) is 1. The molecule has 5 nitrogen and oxygen atoms in total. The Balaban J connectivity index is 2.05. The Labute approximate surface area is 126 Å². The van der Waals surface area contributed by atoms with Gasteiger partial charge in [0.1, 0.15) is 5.75 Å². The molecule has 0 unspecified atom stereocenters. The van der Waals surface area contributed by atoms with Gasteiger partial charge in [-0.05, 0) is 58.2 Å². The monoisotopic (exact) mass is 292 g/mol.